The highest BCUT2D eigenvalue weighted by Crippen LogP contribution is 2.73. The lowest BCUT2D eigenvalue weighted by atomic mass is 9.40. The molecule has 11 unspecified atom stereocenters. The molecule has 42 heavy (non-hydrogen) atoms. The molecule has 1 N–H and O–H groups in total. The van der Waals surface area contributed by atoms with Crippen molar-refractivity contribution in [2.24, 2.45) is 28.1 Å². The second-order valence-corrected chi connectivity index (χ2v) is 13.7. The average molecular weight is 577 g/mol. The Labute approximate surface area is 246 Å². The maximum atomic E-state index is 13.5. The molecule has 3 heterocycles. The van der Waals surface area contributed by atoms with Crippen molar-refractivity contribution in [2.45, 2.75) is 83.4 Å². The van der Waals surface area contributed by atoms with Crippen molar-refractivity contribution in [3.8, 4) is 0 Å². The van der Waals surface area contributed by atoms with Crippen molar-refractivity contribution in [1.29, 1.82) is 0 Å². The predicted molar refractivity (Wildman–Crippen MR) is 151 cm³/mol. The van der Waals surface area contributed by atoms with Gasteiger partial charge in [-0.25, -0.2) is 4.79 Å². The standard InChI is InChI=1S/C34H40O8/c1-18-21(20-11-12-39-16-20)13-22-27(18)34(4)23(14-26(36)38-5)33(3)25(42-31(37)19-9-7-6-8-10-19)15-24(35)32(2)17-40-28(29(32)33)30(34)41-22/h6-12,16,21-25,28-30,35H,13-15,17H2,1-5H3. The van der Waals surface area contributed by atoms with Crippen LogP contribution in [-0.2, 0) is 23.7 Å². The number of ether oxygens (including phenoxy) is 4. The first-order valence-corrected chi connectivity index (χ1v) is 15.1. The number of methoxy groups -OCH3 is 1. The Balaban J connectivity index is 1.39. The quantitative estimate of drug-likeness (QED) is 0.389. The van der Waals surface area contributed by atoms with E-state index in [-0.39, 0.29) is 54.9 Å². The zero-order valence-corrected chi connectivity index (χ0v) is 24.9. The maximum Gasteiger partial charge on any atom is 0.338 e. The summed E-state index contributed by atoms with van der Waals surface area (Å²) in [6.45, 7) is 8.98. The Morgan fingerprint density at radius 1 is 1.10 bits per heavy atom. The molecule has 7 rings (SSSR count). The molecule has 0 spiro atoms. The minimum Gasteiger partial charge on any atom is -0.472 e. The largest absolute Gasteiger partial charge is 0.472 e. The molecular formula is C34H40O8. The zero-order chi connectivity index (χ0) is 29.6. The summed E-state index contributed by atoms with van der Waals surface area (Å²) in [5.41, 5.74) is 2.10. The molecule has 224 valence electrons. The summed E-state index contributed by atoms with van der Waals surface area (Å²) in [4.78, 5) is 26.8. The smallest absolute Gasteiger partial charge is 0.338 e. The molecular weight excluding hydrogens is 536 g/mol. The van der Waals surface area contributed by atoms with E-state index in [0.717, 1.165) is 12.0 Å². The van der Waals surface area contributed by atoms with Crippen LogP contribution in [0.3, 0.4) is 0 Å². The van der Waals surface area contributed by atoms with Gasteiger partial charge in [0.2, 0.25) is 0 Å². The van der Waals surface area contributed by atoms with Gasteiger partial charge in [0.1, 0.15) is 6.10 Å². The van der Waals surface area contributed by atoms with Crippen molar-refractivity contribution in [3.63, 3.8) is 0 Å². The monoisotopic (exact) mass is 576 g/mol. The Morgan fingerprint density at radius 2 is 1.86 bits per heavy atom. The number of furan rings is 1. The molecule has 5 aliphatic rings. The van der Waals surface area contributed by atoms with Crippen LogP contribution < -0.4 is 0 Å². The summed E-state index contributed by atoms with van der Waals surface area (Å²) in [7, 11) is 1.42. The van der Waals surface area contributed by atoms with Gasteiger partial charge < -0.3 is 28.5 Å². The van der Waals surface area contributed by atoms with Gasteiger partial charge in [-0.1, -0.05) is 44.5 Å². The molecule has 8 heteroatoms. The molecule has 11 atom stereocenters. The van der Waals surface area contributed by atoms with Crippen LogP contribution in [0, 0.1) is 28.1 Å². The number of hydrogen-bond donors (Lipinski definition) is 1. The predicted octanol–water partition coefficient (Wildman–Crippen LogP) is 5.07. The van der Waals surface area contributed by atoms with E-state index in [9.17, 15) is 14.7 Å². The average Bonchev–Trinajstić information content (AvgIpc) is 3.75. The first kappa shape index (κ1) is 27.9. The Bertz CT molecular complexity index is 1420. The summed E-state index contributed by atoms with van der Waals surface area (Å²) in [5, 5.41) is 11.6. The van der Waals surface area contributed by atoms with E-state index in [1.807, 2.05) is 12.1 Å². The molecule has 3 aliphatic carbocycles. The number of fused-ring (bicyclic) bond motifs is 4. The summed E-state index contributed by atoms with van der Waals surface area (Å²) in [5.74, 6) is -1.11. The number of carbonyl (C=O) groups excluding carboxylic acids is 2. The summed E-state index contributed by atoms with van der Waals surface area (Å²) in [6, 6.07) is 10.9. The molecule has 0 radical (unpaired) electrons. The second kappa shape index (κ2) is 9.53. The van der Waals surface area contributed by atoms with Gasteiger partial charge in [0.15, 0.2) is 0 Å². The van der Waals surface area contributed by atoms with Gasteiger partial charge in [-0.2, -0.15) is 0 Å². The molecule has 2 aromatic rings. The molecule has 0 amide bonds. The molecule has 2 saturated carbocycles. The minimum atomic E-state index is -0.746. The van der Waals surface area contributed by atoms with Gasteiger partial charge in [0, 0.05) is 40.9 Å². The number of aliphatic hydroxyl groups excluding tert-OH is 1. The van der Waals surface area contributed by atoms with E-state index >= 15 is 0 Å². The fraction of sp³-hybridized carbons (Fsp3) is 0.588. The highest BCUT2D eigenvalue weighted by Gasteiger charge is 2.78. The van der Waals surface area contributed by atoms with Crippen molar-refractivity contribution >= 4 is 11.9 Å². The molecule has 2 aliphatic heterocycles. The van der Waals surface area contributed by atoms with E-state index in [4.69, 9.17) is 23.4 Å². The highest BCUT2D eigenvalue weighted by molar-refractivity contribution is 5.89. The van der Waals surface area contributed by atoms with Crippen molar-refractivity contribution in [1.82, 2.24) is 0 Å². The van der Waals surface area contributed by atoms with Crippen molar-refractivity contribution < 1.29 is 38.1 Å². The highest BCUT2D eigenvalue weighted by atomic mass is 16.6. The van der Waals surface area contributed by atoms with Crippen LogP contribution in [0.1, 0.15) is 68.8 Å². The summed E-state index contributed by atoms with van der Waals surface area (Å²) >= 11 is 0. The van der Waals surface area contributed by atoms with E-state index in [1.165, 1.54) is 18.3 Å². The van der Waals surface area contributed by atoms with Crippen LogP contribution >= 0.6 is 0 Å². The van der Waals surface area contributed by atoms with Gasteiger partial charge in [0.05, 0.1) is 56.2 Å². The van der Waals surface area contributed by atoms with Crippen molar-refractivity contribution in [3.05, 3.63) is 71.2 Å². The number of esters is 2. The lowest BCUT2D eigenvalue weighted by Crippen LogP contribution is -2.70. The van der Waals surface area contributed by atoms with Crippen LogP contribution in [-0.4, -0.2) is 61.3 Å². The van der Waals surface area contributed by atoms with Crippen LogP contribution in [0.25, 0.3) is 0 Å². The maximum absolute atomic E-state index is 13.5. The van der Waals surface area contributed by atoms with Crippen LogP contribution in [0.15, 0.2) is 64.5 Å². The molecule has 0 bridgehead atoms. The third-order valence-electron chi connectivity index (χ3n) is 12.0. The summed E-state index contributed by atoms with van der Waals surface area (Å²) in [6.07, 6.45) is 2.51. The number of allylic oxidation sites excluding steroid dienone is 1. The van der Waals surface area contributed by atoms with E-state index < -0.39 is 34.4 Å². The number of benzene rings is 1. The molecule has 4 fully saturated rings. The fourth-order valence-electron chi connectivity index (χ4n) is 10.1. The van der Waals surface area contributed by atoms with Crippen LogP contribution in [0.5, 0.6) is 0 Å². The third-order valence-corrected chi connectivity index (χ3v) is 12.0. The number of carbonyl (C=O) groups is 2. The number of rotatable bonds is 5. The SMILES string of the molecule is COC(=O)CC1C2(C)C3=C(C)C(c4ccoc4)CC3OC2C2OCC3(C)C(O)CC(OC(=O)c4ccccc4)C1(C)C23. The number of hydrogen-bond acceptors (Lipinski definition) is 8. The zero-order valence-electron chi connectivity index (χ0n) is 24.9. The van der Waals surface area contributed by atoms with Gasteiger partial charge >= 0.3 is 11.9 Å². The van der Waals surface area contributed by atoms with Crippen molar-refractivity contribution in [2.75, 3.05) is 13.7 Å². The number of aliphatic hydroxyl groups is 1. The normalized spacial score (nSPS) is 43.5. The lowest BCUT2D eigenvalue weighted by Gasteiger charge is -2.65. The second-order valence-electron chi connectivity index (χ2n) is 13.7. The Hall–Kier alpha value is -2.94. The Kier molecular flexibility index (Phi) is 6.32. The third kappa shape index (κ3) is 3.58. The fourth-order valence-corrected chi connectivity index (χ4v) is 10.1. The van der Waals surface area contributed by atoms with Crippen LogP contribution in [0.4, 0.5) is 0 Å². The lowest BCUT2D eigenvalue weighted by molar-refractivity contribution is -0.242. The van der Waals surface area contributed by atoms with Crippen LogP contribution in [0.2, 0.25) is 0 Å². The minimum absolute atomic E-state index is 0.130. The van der Waals surface area contributed by atoms with Gasteiger partial charge in [0.25, 0.3) is 0 Å². The molecule has 1 aromatic heterocycles. The van der Waals surface area contributed by atoms with Gasteiger partial charge in [-0.3, -0.25) is 4.79 Å². The van der Waals surface area contributed by atoms with E-state index in [2.05, 4.69) is 27.7 Å². The van der Waals surface area contributed by atoms with Gasteiger partial charge in [-0.05, 0) is 48.6 Å². The summed E-state index contributed by atoms with van der Waals surface area (Å²) < 4.78 is 30.7. The molecule has 8 nitrogen and oxygen atoms in total. The molecule has 2 saturated heterocycles. The van der Waals surface area contributed by atoms with E-state index in [0.29, 0.717) is 12.2 Å². The van der Waals surface area contributed by atoms with E-state index in [1.54, 1.807) is 36.8 Å². The first-order chi connectivity index (χ1) is 20.0. The first-order valence-electron chi connectivity index (χ1n) is 15.1. The Morgan fingerprint density at radius 3 is 2.55 bits per heavy atom. The van der Waals surface area contributed by atoms with Gasteiger partial charge in [-0.15, -0.1) is 0 Å². The topological polar surface area (TPSA) is 104 Å². The molecule has 1 aromatic carbocycles.